The van der Waals surface area contributed by atoms with E-state index >= 15 is 0 Å². The Bertz CT molecular complexity index is 692. The highest BCUT2D eigenvalue weighted by Gasteiger charge is 2.62. The van der Waals surface area contributed by atoms with Crippen molar-refractivity contribution < 1.29 is 9.84 Å². The molecule has 5 nitrogen and oxygen atoms in total. The fourth-order valence-electron chi connectivity index (χ4n) is 6.91. The molecule has 5 rings (SSSR count). The molecule has 0 aromatic carbocycles. The van der Waals surface area contributed by atoms with Crippen molar-refractivity contribution in [3.05, 3.63) is 23.9 Å². The summed E-state index contributed by atoms with van der Waals surface area (Å²) in [6, 6.07) is 4.02. The average Bonchev–Trinajstić information content (AvgIpc) is 2.63. The number of aromatic nitrogens is 1. The molecule has 156 valence electrons. The van der Waals surface area contributed by atoms with Crippen LogP contribution in [0.4, 0.5) is 5.82 Å². The van der Waals surface area contributed by atoms with Crippen LogP contribution in [0.2, 0.25) is 0 Å². The quantitative estimate of drug-likeness (QED) is 0.719. The summed E-state index contributed by atoms with van der Waals surface area (Å²) in [5.41, 5.74) is 13.3. The molecule has 5 heteroatoms. The molecule has 0 spiro atoms. The van der Waals surface area contributed by atoms with Crippen LogP contribution in [0.15, 0.2) is 18.3 Å². The van der Waals surface area contributed by atoms with Crippen LogP contribution < -0.4 is 11.5 Å². The molecule has 2 bridgehead atoms. The minimum Gasteiger partial charge on any atom is -0.396 e. The summed E-state index contributed by atoms with van der Waals surface area (Å²) in [7, 11) is 0. The first-order chi connectivity index (χ1) is 13.3. The van der Waals surface area contributed by atoms with Gasteiger partial charge < -0.3 is 21.3 Å². The molecule has 2 aliphatic heterocycles. The second-order valence-electron chi connectivity index (χ2n) is 10.3. The highest BCUT2D eigenvalue weighted by Crippen LogP contribution is 2.59. The maximum absolute atomic E-state index is 9.67. The molecule has 2 saturated carbocycles. The average molecular weight is 388 g/mol. The molecule has 4 aliphatic rings. The van der Waals surface area contributed by atoms with Gasteiger partial charge in [0.25, 0.3) is 0 Å². The Hall–Kier alpha value is -1.17. The van der Waals surface area contributed by atoms with Crippen LogP contribution in [0, 0.1) is 17.8 Å². The zero-order valence-corrected chi connectivity index (χ0v) is 17.5. The molecule has 2 aliphatic carbocycles. The van der Waals surface area contributed by atoms with Crippen LogP contribution in [0.25, 0.3) is 0 Å². The largest absolute Gasteiger partial charge is 0.396 e. The number of nitrogens with two attached hydrogens (primary N) is 2. The number of ether oxygens (including phenoxy) is 1. The Labute approximate surface area is 169 Å². The topological polar surface area (TPSA) is 94.4 Å². The van der Waals surface area contributed by atoms with Crippen LogP contribution >= 0.6 is 0 Å². The number of aliphatic hydroxyl groups excluding tert-OH is 1. The Morgan fingerprint density at radius 2 is 2.07 bits per heavy atom. The van der Waals surface area contributed by atoms with Gasteiger partial charge in [0.15, 0.2) is 0 Å². The molecular formula is C23H37N3O2. The lowest BCUT2D eigenvalue weighted by Gasteiger charge is -2.65. The number of aliphatic hydroxyl groups is 1. The first-order valence-electron chi connectivity index (χ1n) is 11.1. The van der Waals surface area contributed by atoms with Crippen LogP contribution in [0.3, 0.4) is 0 Å². The second-order valence-corrected chi connectivity index (χ2v) is 10.3. The zero-order chi connectivity index (χ0) is 20.0. The first-order valence-corrected chi connectivity index (χ1v) is 11.1. The summed E-state index contributed by atoms with van der Waals surface area (Å²) in [6.45, 7) is 4.59. The van der Waals surface area contributed by atoms with Gasteiger partial charge in [-0.25, -0.2) is 4.98 Å². The highest BCUT2D eigenvalue weighted by molar-refractivity contribution is 5.29. The Morgan fingerprint density at radius 1 is 1.25 bits per heavy atom. The molecule has 1 aromatic heterocycles. The van der Waals surface area contributed by atoms with Crippen LogP contribution in [0.1, 0.15) is 70.8 Å². The van der Waals surface area contributed by atoms with Gasteiger partial charge in [-0.2, -0.15) is 0 Å². The number of nitrogens with zero attached hydrogens (tertiary/aromatic N) is 1. The van der Waals surface area contributed by atoms with E-state index in [-0.39, 0.29) is 23.3 Å². The van der Waals surface area contributed by atoms with E-state index in [4.69, 9.17) is 16.2 Å². The fourth-order valence-corrected chi connectivity index (χ4v) is 6.91. The normalized spacial score (nSPS) is 39.8. The summed E-state index contributed by atoms with van der Waals surface area (Å²) in [6.07, 6.45) is 11.8. The molecule has 0 radical (unpaired) electrons. The van der Waals surface area contributed by atoms with Crippen molar-refractivity contribution in [2.45, 2.75) is 88.4 Å². The van der Waals surface area contributed by atoms with Gasteiger partial charge in [0.1, 0.15) is 5.82 Å². The van der Waals surface area contributed by atoms with Gasteiger partial charge in [-0.3, -0.25) is 0 Å². The fraction of sp³-hybridized carbons (Fsp3) is 0.783. The number of hydrogen-bond donors (Lipinski definition) is 3. The van der Waals surface area contributed by atoms with Crippen LogP contribution in [-0.4, -0.2) is 33.4 Å². The molecule has 5 unspecified atom stereocenters. The second kappa shape index (κ2) is 7.26. The van der Waals surface area contributed by atoms with E-state index < -0.39 is 0 Å². The molecule has 28 heavy (non-hydrogen) atoms. The predicted molar refractivity (Wildman–Crippen MR) is 112 cm³/mol. The lowest BCUT2D eigenvalue weighted by Crippen LogP contribution is -2.72. The van der Waals surface area contributed by atoms with E-state index in [9.17, 15) is 5.11 Å². The van der Waals surface area contributed by atoms with E-state index in [1.807, 2.05) is 12.3 Å². The van der Waals surface area contributed by atoms with Gasteiger partial charge in [-0.05, 0) is 82.3 Å². The van der Waals surface area contributed by atoms with Crippen molar-refractivity contribution in [3.8, 4) is 0 Å². The van der Waals surface area contributed by atoms with Crippen molar-refractivity contribution in [2.75, 3.05) is 12.3 Å². The minimum absolute atomic E-state index is 0.125. The molecule has 4 fully saturated rings. The maximum atomic E-state index is 9.67. The standard InChI is InChI=1S/C23H37N3O2/c1-21(2)19-8-9-23(28-21,15-22(19,25)10-11-27)18-5-3-4-16(13-18)12-17-6-7-20(24)26-14-17/h6-7,14,16,18-19,27H,3-5,8-13,15,25H2,1-2H3,(H2,24,26). The van der Waals surface area contributed by atoms with E-state index in [0.29, 0.717) is 30.0 Å². The van der Waals surface area contributed by atoms with Crippen molar-refractivity contribution in [1.29, 1.82) is 0 Å². The van der Waals surface area contributed by atoms with Gasteiger partial charge in [-0.15, -0.1) is 0 Å². The number of hydrogen-bond acceptors (Lipinski definition) is 5. The smallest absolute Gasteiger partial charge is 0.123 e. The summed E-state index contributed by atoms with van der Waals surface area (Å²) in [4.78, 5) is 4.26. The van der Waals surface area contributed by atoms with E-state index in [0.717, 1.165) is 25.7 Å². The Balaban J connectivity index is 1.52. The Morgan fingerprint density at radius 3 is 2.75 bits per heavy atom. The summed E-state index contributed by atoms with van der Waals surface area (Å²) < 4.78 is 6.87. The number of pyridine rings is 1. The van der Waals surface area contributed by atoms with Gasteiger partial charge in [0, 0.05) is 24.3 Å². The third-order valence-corrected chi connectivity index (χ3v) is 7.96. The molecule has 3 heterocycles. The van der Waals surface area contributed by atoms with Crippen molar-refractivity contribution >= 4 is 5.82 Å². The SMILES string of the molecule is CC1(C)OC2(C3CCCC(Cc4ccc(N)nc4)C3)CCC1C(N)(CCO)C2. The van der Waals surface area contributed by atoms with Gasteiger partial charge >= 0.3 is 0 Å². The molecule has 5 N–H and O–H groups in total. The van der Waals surface area contributed by atoms with Gasteiger partial charge in [0.05, 0.1) is 11.2 Å². The number of nitrogen functional groups attached to an aromatic ring is 1. The van der Waals surface area contributed by atoms with Crippen LogP contribution in [0.5, 0.6) is 0 Å². The van der Waals surface area contributed by atoms with E-state index in [1.54, 1.807) is 0 Å². The Kier molecular flexibility index (Phi) is 5.22. The first kappa shape index (κ1) is 20.1. The van der Waals surface area contributed by atoms with Crippen molar-refractivity contribution in [3.63, 3.8) is 0 Å². The third-order valence-electron chi connectivity index (χ3n) is 7.96. The summed E-state index contributed by atoms with van der Waals surface area (Å²) in [5, 5.41) is 9.67. The van der Waals surface area contributed by atoms with Gasteiger partial charge in [-0.1, -0.05) is 18.9 Å². The lowest BCUT2D eigenvalue weighted by molar-refractivity contribution is -0.287. The zero-order valence-electron chi connectivity index (χ0n) is 17.5. The van der Waals surface area contributed by atoms with E-state index in [1.165, 1.54) is 31.2 Å². The predicted octanol–water partition coefficient (Wildman–Crippen LogP) is 3.44. The molecule has 1 aromatic rings. The molecular weight excluding hydrogens is 350 g/mol. The number of fused-ring (bicyclic) bond motifs is 3. The minimum atomic E-state index is -0.303. The third kappa shape index (κ3) is 3.57. The van der Waals surface area contributed by atoms with Crippen LogP contribution in [-0.2, 0) is 11.2 Å². The molecule has 2 saturated heterocycles. The summed E-state index contributed by atoms with van der Waals surface area (Å²) in [5.74, 6) is 2.13. The lowest BCUT2D eigenvalue weighted by atomic mass is 9.53. The number of anilines is 1. The van der Waals surface area contributed by atoms with Gasteiger partial charge in [0.2, 0.25) is 0 Å². The number of rotatable bonds is 5. The summed E-state index contributed by atoms with van der Waals surface area (Å²) >= 11 is 0. The highest BCUT2D eigenvalue weighted by atomic mass is 16.5. The molecule has 5 atom stereocenters. The maximum Gasteiger partial charge on any atom is 0.123 e. The van der Waals surface area contributed by atoms with E-state index in [2.05, 4.69) is 24.9 Å². The molecule has 0 amide bonds. The van der Waals surface area contributed by atoms with Crippen molar-refractivity contribution in [2.24, 2.45) is 23.5 Å². The monoisotopic (exact) mass is 387 g/mol. The van der Waals surface area contributed by atoms with Crippen molar-refractivity contribution in [1.82, 2.24) is 4.98 Å².